The van der Waals surface area contributed by atoms with Crippen molar-refractivity contribution in [3.05, 3.63) is 45.4 Å². The normalized spacial score (nSPS) is 11.2. The van der Waals surface area contributed by atoms with E-state index < -0.39 is 0 Å². The lowest BCUT2D eigenvalue weighted by Crippen LogP contribution is -2.36. The lowest BCUT2D eigenvalue weighted by molar-refractivity contribution is 0.271. The molecule has 26 heavy (non-hydrogen) atoms. The molecule has 0 amide bonds. The average Bonchev–Trinajstić information content (AvgIpc) is 2.92. The van der Waals surface area contributed by atoms with Crippen molar-refractivity contribution >= 4 is 41.3 Å². The first-order valence-electron chi connectivity index (χ1n) is 8.57. The first kappa shape index (κ1) is 22.7. The molecule has 0 aliphatic heterocycles. The van der Waals surface area contributed by atoms with Gasteiger partial charge in [0.2, 0.25) is 0 Å². The van der Waals surface area contributed by atoms with Crippen molar-refractivity contribution in [2.24, 2.45) is 10.9 Å². The second kappa shape index (κ2) is 11.4. The molecule has 1 aromatic carbocycles. The molecule has 2 rings (SSSR count). The lowest BCUT2D eigenvalue weighted by atomic mass is 10.2. The van der Waals surface area contributed by atoms with Gasteiger partial charge in [-0.15, -0.1) is 35.3 Å². The van der Waals surface area contributed by atoms with Gasteiger partial charge in [-0.3, -0.25) is 4.99 Å². The summed E-state index contributed by atoms with van der Waals surface area (Å²) in [5, 5.41) is 7.70. The highest BCUT2D eigenvalue weighted by Gasteiger charge is 2.05. The topological polar surface area (TPSA) is 58.5 Å². The number of aliphatic imine (C=N–C) groups is 1. The summed E-state index contributed by atoms with van der Waals surface area (Å²) in [5.41, 5.74) is 2.28. The smallest absolute Gasteiger partial charge is 0.191 e. The van der Waals surface area contributed by atoms with Gasteiger partial charge in [0.25, 0.3) is 0 Å². The highest BCUT2D eigenvalue weighted by atomic mass is 127. The van der Waals surface area contributed by atoms with Crippen LogP contribution < -0.4 is 15.4 Å². The third-order valence-corrected chi connectivity index (χ3v) is 4.74. The molecule has 0 aliphatic rings. The van der Waals surface area contributed by atoms with Gasteiger partial charge < -0.3 is 15.4 Å². The van der Waals surface area contributed by atoms with Gasteiger partial charge in [-0.1, -0.05) is 26.0 Å². The Bertz CT molecular complexity index is 679. The first-order chi connectivity index (χ1) is 12.0. The van der Waals surface area contributed by atoms with E-state index >= 15 is 0 Å². The maximum atomic E-state index is 5.71. The molecule has 1 aromatic heterocycles. The fourth-order valence-corrected chi connectivity index (χ4v) is 3.02. The van der Waals surface area contributed by atoms with Crippen molar-refractivity contribution in [2.45, 2.75) is 40.8 Å². The molecule has 0 saturated heterocycles. The molecule has 0 unspecified atom stereocenters. The molecule has 1 heterocycles. The summed E-state index contributed by atoms with van der Waals surface area (Å²) in [7, 11) is 1.77. The SMILES string of the molecule is CN=C(NCc1ccc(OCC(C)C)cc1)NCc1nc(C)c(C)s1.I. The maximum absolute atomic E-state index is 5.71. The third kappa shape index (κ3) is 7.49. The van der Waals surface area contributed by atoms with Crippen LogP contribution in [0.15, 0.2) is 29.3 Å². The Morgan fingerprint density at radius 1 is 1.15 bits per heavy atom. The van der Waals surface area contributed by atoms with Gasteiger partial charge in [0.15, 0.2) is 5.96 Å². The maximum Gasteiger partial charge on any atom is 0.191 e. The van der Waals surface area contributed by atoms with Gasteiger partial charge >= 0.3 is 0 Å². The van der Waals surface area contributed by atoms with Crippen LogP contribution in [0, 0.1) is 19.8 Å². The number of nitrogens with one attached hydrogen (secondary N) is 2. The van der Waals surface area contributed by atoms with E-state index in [1.165, 1.54) is 10.4 Å². The lowest BCUT2D eigenvalue weighted by Gasteiger charge is -2.12. The summed E-state index contributed by atoms with van der Waals surface area (Å²) in [6.45, 7) is 10.6. The van der Waals surface area contributed by atoms with E-state index in [0.717, 1.165) is 29.0 Å². The summed E-state index contributed by atoms with van der Waals surface area (Å²) < 4.78 is 5.71. The Balaban J connectivity index is 0.00000338. The van der Waals surface area contributed by atoms with Crippen LogP contribution in [-0.4, -0.2) is 24.6 Å². The van der Waals surface area contributed by atoms with Crippen molar-refractivity contribution in [1.29, 1.82) is 0 Å². The average molecular weight is 488 g/mol. The minimum Gasteiger partial charge on any atom is -0.493 e. The van der Waals surface area contributed by atoms with E-state index in [1.54, 1.807) is 18.4 Å². The van der Waals surface area contributed by atoms with Crippen molar-refractivity contribution in [1.82, 2.24) is 15.6 Å². The Morgan fingerprint density at radius 3 is 2.35 bits per heavy atom. The molecule has 0 radical (unpaired) electrons. The van der Waals surface area contributed by atoms with E-state index in [9.17, 15) is 0 Å². The van der Waals surface area contributed by atoms with E-state index in [2.05, 4.69) is 53.5 Å². The van der Waals surface area contributed by atoms with E-state index in [4.69, 9.17) is 4.74 Å². The Morgan fingerprint density at radius 2 is 1.81 bits per heavy atom. The number of hydrogen-bond donors (Lipinski definition) is 2. The van der Waals surface area contributed by atoms with Gasteiger partial charge in [0.1, 0.15) is 10.8 Å². The van der Waals surface area contributed by atoms with Crippen LogP contribution in [0.1, 0.15) is 35.0 Å². The van der Waals surface area contributed by atoms with Gasteiger partial charge in [0, 0.05) is 18.5 Å². The fourth-order valence-electron chi connectivity index (χ4n) is 2.15. The number of hydrogen-bond acceptors (Lipinski definition) is 4. The van der Waals surface area contributed by atoms with Crippen LogP contribution in [0.25, 0.3) is 0 Å². The second-order valence-electron chi connectivity index (χ2n) is 6.38. The Kier molecular flexibility index (Phi) is 9.93. The molecular weight excluding hydrogens is 459 g/mol. The molecule has 0 spiro atoms. The number of aryl methyl sites for hydroxylation is 2. The molecule has 0 bridgehead atoms. The standard InChI is InChI=1S/C19H28N4OS.HI/c1-13(2)12-24-17-8-6-16(7-9-17)10-21-19(20-5)22-11-18-23-14(3)15(4)25-18;/h6-9,13H,10-12H2,1-5H3,(H2,20,21,22);1H. The van der Waals surface area contributed by atoms with E-state index in [-0.39, 0.29) is 24.0 Å². The molecule has 144 valence electrons. The van der Waals surface area contributed by atoms with Crippen LogP contribution in [0.5, 0.6) is 5.75 Å². The minimum atomic E-state index is 0. The minimum absolute atomic E-state index is 0. The molecular formula is C19H29IN4OS. The zero-order chi connectivity index (χ0) is 18.2. The van der Waals surface area contributed by atoms with Crippen molar-refractivity contribution in [3.63, 3.8) is 0 Å². The van der Waals surface area contributed by atoms with E-state index in [0.29, 0.717) is 19.0 Å². The summed E-state index contributed by atoms with van der Waals surface area (Å²) >= 11 is 1.72. The van der Waals surface area contributed by atoms with Crippen molar-refractivity contribution in [2.75, 3.05) is 13.7 Å². The van der Waals surface area contributed by atoms with E-state index in [1.807, 2.05) is 19.1 Å². The van der Waals surface area contributed by atoms with Gasteiger partial charge in [0.05, 0.1) is 18.8 Å². The molecule has 2 aromatic rings. The zero-order valence-corrected chi connectivity index (χ0v) is 19.3. The number of guanidine groups is 1. The summed E-state index contributed by atoms with van der Waals surface area (Å²) in [6.07, 6.45) is 0. The summed E-state index contributed by atoms with van der Waals surface area (Å²) in [5.74, 6) is 2.21. The molecule has 0 atom stereocenters. The van der Waals surface area contributed by atoms with Gasteiger partial charge in [-0.25, -0.2) is 4.98 Å². The quantitative estimate of drug-likeness (QED) is 0.347. The Labute approximate surface area is 177 Å². The van der Waals surface area contributed by atoms with Crippen LogP contribution in [-0.2, 0) is 13.1 Å². The second-order valence-corrected chi connectivity index (χ2v) is 7.67. The summed E-state index contributed by atoms with van der Waals surface area (Å²) in [4.78, 5) is 10.1. The molecule has 0 saturated carbocycles. The molecule has 5 nitrogen and oxygen atoms in total. The number of benzene rings is 1. The summed E-state index contributed by atoms with van der Waals surface area (Å²) in [6, 6.07) is 8.17. The van der Waals surface area contributed by atoms with Gasteiger partial charge in [-0.05, 0) is 37.5 Å². The third-order valence-electron chi connectivity index (χ3n) is 3.67. The molecule has 2 N–H and O–H groups in total. The fraction of sp³-hybridized carbons (Fsp3) is 0.474. The number of thiazole rings is 1. The number of ether oxygens (including phenoxy) is 1. The number of nitrogens with zero attached hydrogens (tertiary/aromatic N) is 2. The van der Waals surface area contributed by atoms with Crippen molar-refractivity contribution in [3.8, 4) is 5.75 Å². The van der Waals surface area contributed by atoms with Crippen LogP contribution in [0.3, 0.4) is 0 Å². The predicted octanol–water partition coefficient (Wildman–Crippen LogP) is 4.28. The van der Waals surface area contributed by atoms with Gasteiger partial charge in [-0.2, -0.15) is 0 Å². The van der Waals surface area contributed by atoms with Crippen molar-refractivity contribution < 1.29 is 4.74 Å². The highest BCUT2D eigenvalue weighted by Crippen LogP contribution is 2.16. The Hall–Kier alpha value is -1.35. The van der Waals surface area contributed by atoms with Crippen LogP contribution in [0.2, 0.25) is 0 Å². The molecule has 7 heteroatoms. The highest BCUT2D eigenvalue weighted by molar-refractivity contribution is 14.0. The largest absolute Gasteiger partial charge is 0.493 e. The molecule has 0 fully saturated rings. The number of aromatic nitrogens is 1. The van der Waals surface area contributed by atoms with Crippen LogP contribution in [0.4, 0.5) is 0 Å². The molecule has 0 aliphatic carbocycles. The predicted molar refractivity (Wildman–Crippen MR) is 121 cm³/mol. The number of halogens is 1. The zero-order valence-electron chi connectivity index (χ0n) is 16.1. The van der Waals surface area contributed by atoms with Crippen LogP contribution >= 0.6 is 35.3 Å². The monoisotopic (exact) mass is 488 g/mol. The first-order valence-corrected chi connectivity index (χ1v) is 9.38. The number of rotatable bonds is 7.